The minimum absolute atomic E-state index is 0.100. The molecule has 0 saturated carbocycles. The predicted molar refractivity (Wildman–Crippen MR) is 191 cm³/mol. The number of hydrogen-bond acceptors (Lipinski definition) is 12. The Balaban J connectivity index is 1.31. The number of nitrogens with zero attached hydrogens (tertiary/aromatic N) is 9. The summed E-state index contributed by atoms with van der Waals surface area (Å²) in [4.78, 5) is 20.8. The number of aryl methyl sites for hydroxylation is 1. The van der Waals surface area contributed by atoms with Crippen molar-refractivity contribution in [1.82, 2.24) is 34.8 Å². The summed E-state index contributed by atoms with van der Waals surface area (Å²) in [7, 11) is 2.19. The number of fused-ring (bicyclic) bond motifs is 5. The van der Waals surface area contributed by atoms with E-state index in [2.05, 4.69) is 53.4 Å². The van der Waals surface area contributed by atoms with Crippen molar-refractivity contribution in [2.24, 2.45) is 0 Å². The van der Waals surface area contributed by atoms with E-state index in [-0.39, 0.29) is 12.1 Å². The topological polar surface area (TPSA) is 165 Å². The maximum Gasteiger partial charge on any atom is 0.207 e. The van der Waals surface area contributed by atoms with Gasteiger partial charge in [-0.05, 0) is 97.4 Å². The molecule has 4 N–H and O–H groups in total. The van der Waals surface area contributed by atoms with Gasteiger partial charge >= 0.3 is 0 Å². The molecular weight excluding hydrogens is 635 g/mol. The highest BCUT2D eigenvalue weighted by Gasteiger charge is 2.48. The number of anilines is 3. The van der Waals surface area contributed by atoms with E-state index in [4.69, 9.17) is 36.2 Å². The zero-order chi connectivity index (χ0) is 34.0. The zero-order valence-electron chi connectivity index (χ0n) is 28.6. The summed E-state index contributed by atoms with van der Waals surface area (Å²) >= 11 is 1.55. The lowest BCUT2D eigenvalue weighted by atomic mass is 9.62. The zero-order valence-corrected chi connectivity index (χ0v) is 29.4. The fourth-order valence-corrected chi connectivity index (χ4v) is 10.2. The van der Waals surface area contributed by atoms with Gasteiger partial charge in [0.25, 0.3) is 0 Å². The van der Waals surface area contributed by atoms with Gasteiger partial charge in [-0.15, -0.1) is 11.3 Å². The van der Waals surface area contributed by atoms with Crippen LogP contribution in [0.4, 0.5) is 16.6 Å². The molecule has 3 aliphatic rings. The fourth-order valence-electron chi connectivity index (χ4n) is 9.03. The molecule has 12 nitrogen and oxygen atoms in total. The lowest BCUT2D eigenvalue weighted by Gasteiger charge is -2.39. The van der Waals surface area contributed by atoms with Gasteiger partial charge in [-0.2, -0.15) is 10.4 Å². The molecule has 13 heteroatoms. The quantitative estimate of drug-likeness (QED) is 0.202. The number of pyridine rings is 1. The number of nitrogens with two attached hydrogens (primary N) is 2. The van der Waals surface area contributed by atoms with Crippen LogP contribution in [-0.2, 0) is 18.3 Å². The number of likely N-dealkylation sites (tertiary alicyclic amines) is 1. The highest BCUT2D eigenvalue weighted by atomic mass is 32.1. The van der Waals surface area contributed by atoms with E-state index in [1.165, 1.54) is 11.3 Å². The molecule has 8 rings (SSSR count). The van der Waals surface area contributed by atoms with Gasteiger partial charge in [0.05, 0.1) is 34.9 Å². The third-order valence-corrected chi connectivity index (χ3v) is 12.5. The second kappa shape index (κ2) is 12.1. The van der Waals surface area contributed by atoms with Crippen molar-refractivity contribution in [3.8, 4) is 17.7 Å². The number of rotatable bonds is 7. The van der Waals surface area contributed by atoms with Gasteiger partial charge in [0, 0.05) is 40.2 Å². The van der Waals surface area contributed by atoms with E-state index in [1.807, 2.05) is 18.3 Å². The molecule has 0 radical (unpaired) electrons. The van der Waals surface area contributed by atoms with Gasteiger partial charge < -0.3 is 25.8 Å². The molecular formula is C36H43N11OS. The SMILES string of the molecule is CCN(c1nc(-c2onc3c2CCC[C@@]32CCCc3sc(N)c(C#N)c32)nc2c1cnn2[C@@H](C)[C@@H]1CCCN1C)[C@@H](C)c1cccnc1N. The summed E-state index contributed by atoms with van der Waals surface area (Å²) in [6.45, 7) is 8.23. The van der Waals surface area contributed by atoms with Gasteiger partial charge in [0.2, 0.25) is 11.6 Å². The second-order valence-corrected chi connectivity index (χ2v) is 15.1. The van der Waals surface area contributed by atoms with Crippen LogP contribution in [0, 0.1) is 11.3 Å². The first-order valence-electron chi connectivity index (χ1n) is 17.5. The molecule has 254 valence electrons. The molecule has 1 saturated heterocycles. The highest BCUT2D eigenvalue weighted by molar-refractivity contribution is 7.16. The summed E-state index contributed by atoms with van der Waals surface area (Å²) < 4.78 is 8.40. The average Bonchev–Trinajstić information content (AvgIpc) is 3.90. The van der Waals surface area contributed by atoms with E-state index in [0.29, 0.717) is 40.6 Å². The van der Waals surface area contributed by atoms with Crippen LogP contribution in [0.5, 0.6) is 0 Å². The van der Waals surface area contributed by atoms with Crippen LogP contribution in [0.2, 0.25) is 0 Å². The number of nitriles is 1. The number of hydrogen-bond donors (Lipinski definition) is 2. The Labute approximate surface area is 290 Å². The molecule has 5 aromatic heterocycles. The van der Waals surface area contributed by atoms with Crippen molar-refractivity contribution >= 4 is 39.0 Å². The van der Waals surface area contributed by atoms with Crippen LogP contribution in [0.15, 0.2) is 29.0 Å². The molecule has 4 atom stereocenters. The summed E-state index contributed by atoms with van der Waals surface area (Å²) in [5, 5.41) is 21.4. The molecule has 0 unspecified atom stereocenters. The maximum atomic E-state index is 10.2. The Morgan fingerprint density at radius 1 is 1.18 bits per heavy atom. The third-order valence-electron chi connectivity index (χ3n) is 11.4. The lowest BCUT2D eigenvalue weighted by molar-refractivity contribution is 0.232. The summed E-state index contributed by atoms with van der Waals surface area (Å²) in [5.74, 6) is 2.35. The van der Waals surface area contributed by atoms with Crippen LogP contribution in [0.25, 0.3) is 22.6 Å². The van der Waals surface area contributed by atoms with Crippen LogP contribution in [-0.4, -0.2) is 61.0 Å². The van der Waals surface area contributed by atoms with Gasteiger partial charge in [-0.1, -0.05) is 11.2 Å². The van der Waals surface area contributed by atoms with Crippen LogP contribution >= 0.6 is 11.3 Å². The molecule has 2 aliphatic carbocycles. The van der Waals surface area contributed by atoms with Crippen LogP contribution in [0.1, 0.15) is 104 Å². The van der Waals surface area contributed by atoms with Gasteiger partial charge in [0.1, 0.15) is 22.7 Å². The van der Waals surface area contributed by atoms with Gasteiger partial charge in [-0.3, -0.25) is 0 Å². The van der Waals surface area contributed by atoms with Gasteiger partial charge in [-0.25, -0.2) is 19.6 Å². The largest absolute Gasteiger partial charge is 0.389 e. The molecule has 5 aromatic rings. The van der Waals surface area contributed by atoms with Crippen LogP contribution < -0.4 is 16.4 Å². The smallest absolute Gasteiger partial charge is 0.207 e. The minimum atomic E-state index is -0.403. The Morgan fingerprint density at radius 3 is 2.73 bits per heavy atom. The fraction of sp³-hybridized carbons (Fsp3) is 0.500. The molecule has 1 spiro atoms. The first-order valence-corrected chi connectivity index (χ1v) is 18.3. The maximum absolute atomic E-state index is 10.2. The standard InChI is InChI=1S/C36H43N11OS/c1-5-46(20(2)22-11-8-16-40-31(22)38)34-25-19-41-47(21(3)26-12-9-17-45(26)4)35(25)43-33(42-34)29-23-10-6-14-36(30(23)44-48-29)15-7-13-27-28(36)24(18-37)32(39)49-27/h8,11,16,19-21,26H,5-7,9-10,12-15,17,39H2,1-4H3,(H2,38,40)/t20-,21-,26-,36-/m0/s1. The van der Waals surface area contributed by atoms with E-state index in [9.17, 15) is 5.26 Å². The Hall–Kier alpha value is -4.54. The van der Waals surface area contributed by atoms with E-state index in [1.54, 1.807) is 17.5 Å². The molecule has 1 fully saturated rings. The number of aromatic nitrogens is 6. The Bertz CT molecular complexity index is 2090. The molecule has 0 aromatic carbocycles. The Morgan fingerprint density at radius 2 is 2.00 bits per heavy atom. The molecule has 0 bridgehead atoms. The number of thiophene rings is 1. The molecule has 1 aliphatic heterocycles. The van der Waals surface area contributed by atoms with E-state index in [0.717, 1.165) is 90.7 Å². The van der Waals surface area contributed by atoms with Gasteiger partial charge in [0.15, 0.2) is 5.65 Å². The number of nitrogen functional groups attached to an aromatic ring is 2. The van der Waals surface area contributed by atoms with Crippen molar-refractivity contribution in [3.05, 3.63) is 57.4 Å². The molecule has 49 heavy (non-hydrogen) atoms. The van der Waals surface area contributed by atoms with Crippen molar-refractivity contribution < 1.29 is 4.52 Å². The first-order chi connectivity index (χ1) is 23.8. The summed E-state index contributed by atoms with van der Waals surface area (Å²) in [6, 6.07) is 6.70. The highest BCUT2D eigenvalue weighted by Crippen LogP contribution is 2.55. The van der Waals surface area contributed by atoms with E-state index >= 15 is 0 Å². The minimum Gasteiger partial charge on any atom is -0.389 e. The van der Waals surface area contributed by atoms with Crippen molar-refractivity contribution in [2.45, 2.75) is 95.7 Å². The third kappa shape index (κ3) is 4.82. The first kappa shape index (κ1) is 31.7. The monoisotopic (exact) mass is 677 g/mol. The van der Waals surface area contributed by atoms with Crippen molar-refractivity contribution in [1.29, 1.82) is 5.26 Å². The lowest BCUT2D eigenvalue weighted by Crippen LogP contribution is -2.36. The molecule has 6 heterocycles. The summed E-state index contributed by atoms with van der Waals surface area (Å²) in [5.41, 5.74) is 17.7. The predicted octanol–water partition coefficient (Wildman–Crippen LogP) is 6.18. The van der Waals surface area contributed by atoms with Crippen LogP contribution in [0.3, 0.4) is 0 Å². The number of likely N-dealkylation sites (N-methyl/N-ethyl adjacent to an activating group) is 1. The normalized spacial score (nSPS) is 21.8. The average molecular weight is 678 g/mol. The van der Waals surface area contributed by atoms with Crippen molar-refractivity contribution in [3.63, 3.8) is 0 Å². The summed E-state index contributed by atoms with van der Waals surface area (Å²) in [6.07, 6.45) is 11.4. The van der Waals surface area contributed by atoms with Crippen molar-refractivity contribution in [2.75, 3.05) is 36.5 Å². The Kier molecular flexibility index (Phi) is 7.83. The van der Waals surface area contributed by atoms with E-state index < -0.39 is 5.41 Å². The second-order valence-electron chi connectivity index (χ2n) is 13.9. The molecule has 0 amide bonds.